The van der Waals surface area contributed by atoms with E-state index in [9.17, 15) is 13.2 Å². The van der Waals surface area contributed by atoms with Gasteiger partial charge in [-0.25, -0.2) is 4.98 Å². The number of rotatable bonds is 8. The third-order valence-corrected chi connectivity index (χ3v) is 3.99. The molecule has 2 aromatic rings. The largest absolute Gasteiger partial charge is 0.494 e. The van der Waals surface area contributed by atoms with Crippen LogP contribution in [0.5, 0.6) is 11.8 Å². The molecular weight excluding hydrogens is 383 g/mol. The highest BCUT2D eigenvalue weighted by molar-refractivity contribution is 5.64. The molecule has 0 spiro atoms. The van der Waals surface area contributed by atoms with E-state index >= 15 is 0 Å². The molecule has 0 aliphatic rings. The van der Waals surface area contributed by atoms with Crippen LogP contribution in [0.15, 0.2) is 30.5 Å². The van der Waals surface area contributed by atoms with E-state index in [1.165, 1.54) is 11.9 Å². The van der Waals surface area contributed by atoms with Crippen molar-refractivity contribution in [3.63, 3.8) is 0 Å². The van der Waals surface area contributed by atoms with Crippen molar-refractivity contribution in [1.82, 2.24) is 9.97 Å². The minimum atomic E-state index is -4.60. The Kier molecular flexibility index (Phi) is 7.32. The fourth-order valence-electron chi connectivity index (χ4n) is 2.58. The van der Waals surface area contributed by atoms with Crippen LogP contribution in [0.3, 0.4) is 0 Å². The molecule has 1 aromatic carbocycles. The van der Waals surface area contributed by atoms with Gasteiger partial charge in [0, 0.05) is 25.0 Å². The van der Waals surface area contributed by atoms with Gasteiger partial charge in [-0.1, -0.05) is 25.8 Å². The van der Waals surface area contributed by atoms with Gasteiger partial charge in [-0.05, 0) is 39.3 Å². The maximum Gasteiger partial charge on any atom is 0.421 e. The Morgan fingerprint density at radius 3 is 2.45 bits per heavy atom. The minimum absolute atomic E-state index is 0.112. The average molecular weight is 411 g/mol. The fraction of sp³-hybridized carbons (Fsp3) is 0.524. The van der Waals surface area contributed by atoms with Crippen LogP contribution in [0.25, 0.3) is 0 Å². The zero-order valence-electron chi connectivity index (χ0n) is 17.5. The number of anilines is 2. The van der Waals surface area contributed by atoms with Gasteiger partial charge in [0.1, 0.15) is 16.9 Å². The Bertz CT molecular complexity index is 804. The monoisotopic (exact) mass is 411 g/mol. The van der Waals surface area contributed by atoms with Crippen LogP contribution < -0.4 is 14.4 Å². The average Bonchev–Trinajstić information content (AvgIpc) is 2.62. The molecule has 0 fully saturated rings. The van der Waals surface area contributed by atoms with Gasteiger partial charge in [0.15, 0.2) is 5.82 Å². The molecule has 0 N–H and O–H groups in total. The molecule has 160 valence electrons. The Balaban J connectivity index is 2.34. The van der Waals surface area contributed by atoms with E-state index in [0.29, 0.717) is 18.0 Å². The Morgan fingerprint density at radius 2 is 1.83 bits per heavy atom. The predicted molar refractivity (Wildman–Crippen MR) is 107 cm³/mol. The lowest BCUT2D eigenvalue weighted by Crippen LogP contribution is -2.26. The third kappa shape index (κ3) is 6.80. The molecule has 2 rings (SSSR count). The summed E-state index contributed by atoms with van der Waals surface area (Å²) in [4.78, 5) is 9.15. The van der Waals surface area contributed by atoms with Gasteiger partial charge in [-0.2, -0.15) is 18.2 Å². The maximum absolute atomic E-state index is 13.5. The number of unbranched alkanes of at least 4 members (excludes halogenated alkanes) is 2. The minimum Gasteiger partial charge on any atom is -0.494 e. The van der Waals surface area contributed by atoms with E-state index in [4.69, 9.17) is 9.47 Å². The van der Waals surface area contributed by atoms with E-state index in [1.54, 1.807) is 45.0 Å². The Labute approximate surface area is 169 Å². The summed E-state index contributed by atoms with van der Waals surface area (Å²) in [5.41, 5.74) is -1.05. The number of hydrogen-bond acceptors (Lipinski definition) is 5. The first kappa shape index (κ1) is 22.8. The predicted octanol–water partition coefficient (Wildman–Crippen LogP) is 6.01. The molecule has 0 radical (unpaired) electrons. The first-order valence-electron chi connectivity index (χ1n) is 9.61. The van der Waals surface area contributed by atoms with E-state index in [1.807, 2.05) is 0 Å². The molecule has 5 nitrogen and oxygen atoms in total. The number of benzene rings is 1. The molecule has 8 heteroatoms. The van der Waals surface area contributed by atoms with Crippen molar-refractivity contribution in [2.24, 2.45) is 0 Å². The van der Waals surface area contributed by atoms with Crippen LogP contribution in [-0.2, 0) is 6.18 Å². The van der Waals surface area contributed by atoms with Crippen LogP contribution in [0, 0.1) is 0 Å². The molecule has 0 atom stereocenters. The lowest BCUT2D eigenvalue weighted by atomic mass is 10.2. The molecule has 0 amide bonds. The van der Waals surface area contributed by atoms with Crippen LogP contribution in [0.4, 0.5) is 24.7 Å². The second-order valence-electron chi connectivity index (χ2n) is 7.71. The zero-order chi connectivity index (χ0) is 21.7. The summed E-state index contributed by atoms with van der Waals surface area (Å²) in [6.45, 7) is 7.99. The van der Waals surface area contributed by atoms with Crippen molar-refractivity contribution < 1.29 is 22.6 Å². The highest BCUT2D eigenvalue weighted by atomic mass is 19.4. The summed E-state index contributed by atoms with van der Waals surface area (Å²) in [6, 6.07) is 6.80. The quantitative estimate of drug-likeness (QED) is 0.498. The topological polar surface area (TPSA) is 47.5 Å². The van der Waals surface area contributed by atoms with Crippen molar-refractivity contribution in [1.29, 1.82) is 0 Å². The lowest BCUT2D eigenvalue weighted by molar-refractivity contribution is -0.137. The second-order valence-corrected chi connectivity index (χ2v) is 7.71. The number of halogens is 3. The molecule has 0 aliphatic heterocycles. The summed E-state index contributed by atoms with van der Waals surface area (Å²) in [7, 11) is 1.52. The molecule has 0 saturated heterocycles. The maximum atomic E-state index is 13.5. The number of ether oxygens (including phenoxy) is 2. The van der Waals surface area contributed by atoms with Crippen LogP contribution in [0.2, 0.25) is 0 Å². The van der Waals surface area contributed by atoms with Crippen LogP contribution in [-0.4, -0.2) is 29.2 Å². The fourth-order valence-corrected chi connectivity index (χ4v) is 2.58. The number of hydrogen-bond donors (Lipinski definition) is 0. The first-order chi connectivity index (χ1) is 13.5. The summed E-state index contributed by atoms with van der Waals surface area (Å²) >= 11 is 0. The summed E-state index contributed by atoms with van der Waals surface area (Å²) in [5.74, 6) is 0.314. The summed E-state index contributed by atoms with van der Waals surface area (Å²) in [5, 5.41) is 0. The van der Waals surface area contributed by atoms with E-state index < -0.39 is 17.3 Å². The second kappa shape index (κ2) is 9.33. The van der Waals surface area contributed by atoms with Gasteiger partial charge in [0.25, 0.3) is 0 Å². The van der Waals surface area contributed by atoms with Crippen molar-refractivity contribution in [3.8, 4) is 11.8 Å². The highest BCUT2D eigenvalue weighted by Gasteiger charge is 2.37. The SMILES string of the molecule is CCCCCOc1cccc(N(C)c2nc(OC(C)(C)C)ncc2C(F)(F)F)c1. The van der Waals surface area contributed by atoms with Gasteiger partial charge in [0.05, 0.1) is 6.61 Å². The molecular formula is C21H28F3N3O2. The van der Waals surface area contributed by atoms with E-state index in [-0.39, 0.29) is 11.8 Å². The van der Waals surface area contributed by atoms with Gasteiger partial charge in [-0.15, -0.1) is 0 Å². The van der Waals surface area contributed by atoms with Gasteiger partial charge >= 0.3 is 12.2 Å². The van der Waals surface area contributed by atoms with Gasteiger partial charge in [-0.3, -0.25) is 0 Å². The van der Waals surface area contributed by atoms with Crippen molar-refractivity contribution in [2.45, 2.75) is 58.7 Å². The number of nitrogens with zero attached hydrogens (tertiary/aromatic N) is 3. The van der Waals surface area contributed by atoms with Crippen molar-refractivity contribution in [2.75, 3.05) is 18.6 Å². The Morgan fingerprint density at radius 1 is 1.10 bits per heavy atom. The molecule has 0 bridgehead atoms. The third-order valence-electron chi connectivity index (χ3n) is 3.99. The van der Waals surface area contributed by atoms with E-state index in [0.717, 1.165) is 25.5 Å². The van der Waals surface area contributed by atoms with Gasteiger partial charge < -0.3 is 14.4 Å². The zero-order valence-corrected chi connectivity index (χ0v) is 17.5. The van der Waals surface area contributed by atoms with Crippen molar-refractivity contribution in [3.05, 3.63) is 36.0 Å². The van der Waals surface area contributed by atoms with Crippen molar-refractivity contribution >= 4 is 11.5 Å². The standard InChI is InChI=1S/C21H28F3N3O2/c1-6-7-8-12-28-16-11-9-10-15(13-16)27(5)18-17(21(22,23)24)14-25-19(26-18)29-20(2,3)4/h9-11,13-14H,6-8,12H2,1-5H3. The number of alkyl halides is 3. The van der Waals surface area contributed by atoms with Crippen LogP contribution in [0.1, 0.15) is 52.5 Å². The normalized spacial score (nSPS) is 12.0. The lowest BCUT2D eigenvalue weighted by Gasteiger charge is -2.25. The Hall–Kier alpha value is -2.51. The highest BCUT2D eigenvalue weighted by Crippen LogP contribution is 2.38. The first-order valence-corrected chi connectivity index (χ1v) is 9.61. The molecule has 1 heterocycles. The molecule has 29 heavy (non-hydrogen) atoms. The smallest absolute Gasteiger partial charge is 0.421 e. The number of aromatic nitrogens is 2. The molecule has 0 saturated carbocycles. The molecule has 0 aliphatic carbocycles. The molecule has 0 unspecified atom stereocenters. The van der Waals surface area contributed by atoms with E-state index in [2.05, 4.69) is 16.9 Å². The molecule has 1 aromatic heterocycles. The summed E-state index contributed by atoms with van der Waals surface area (Å²) in [6.07, 6.45) is -0.775. The summed E-state index contributed by atoms with van der Waals surface area (Å²) < 4.78 is 51.9. The van der Waals surface area contributed by atoms with Crippen LogP contribution >= 0.6 is 0 Å². The van der Waals surface area contributed by atoms with Gasteiger partial charge in [0.2, 0.25) is 0 Å².